The van der Waals surface area contributed by atoms with E-state index in [0.29, 0.717) is 0 Å². The number of carbonyl (C=O) groups excluding carboxylic acids is 1. The van der Waals surface area contributed by atoms with Crippen molar-refractivity contribution in [1.82, 2.24) is 9.80 Å². The van der Waals surface area contributed by atoms with Gasteiger partial charge in [0.05, 0.1) is 4.88 Å². The summed E-state index contributed by atoms with van der Waals surface area (Å²) in [5.74, 6) is 0.180. The average molecular weight is 322 g/mol. The molecule has 2 aromatic rings. The van der Waals surface area contributed by atoms with Gasteiger partial charge in [-0.25, -0.2) is 0 Å². The highest BCUT2D eigenvalue weighted by Crippen LogP contribution is 2.14. The number of benzene rings is 1. The molecule has 0 atom stereocenters. The molecule has 1 fully saturated rings. The maximum atomic E-state index is 12.2. The van der Waals surface area contributed by atoms with Crippen LogP contribution in [0.3, 0.4) is 0 Å². The lowest BCUT2D eigenvalue weighted by Gasteiger charge is -2.34. The molecule has 1 amide bonds. The van der Waals surface area contributed by atoms with Crippen LogP contribution in [0.25, 0.3) is 0 Å². The Labute approximate surface area is 135 Å². The molecule has 5 heteroatoms. The van der Waals surface area contributed by atoms with Crippen LogP contribution in [-0.2, 0) is 6.54 Å². The van der Waals surface area contributed by atoms with Gasteiger partial charge in [-0.3, -0.25) is 9.69 Å². The highest BCUT2D eigenvalue weighted by Gasteiger charge is 2.22. The Bertz CT molecular complexity index is 551. The summed E-state index contributed by atoms with van der Waals surface area (Å²) in [7, 11) is 0. The predicted molar refractivity (Wildman–Crippen MR) is 81.9 cm³/mol. The van der Waals surface area contributed by atoms with E-state index in [1.807, 2.05) is 28.5 Å². The van der Waals surface area contributed by atoms with Gasteiger partial charge in [-0.05, 0) is 17.0 Å². The highest BCUT2D eigenvalue weighted by molar-refractivity contribution is 7.12. The van der Waals surface area contributed by atoms with Crippen LogP contribution < -0.4 is 12.4 Å². The van der Waals surface area contributed by atoms with E-state index in [2.05, 4.69) is 29.2 Å². The molecule has 0 radical (unpaired) electrons. The second-order valence-electron chi connectivity index (χ2n) is 5.03. The van der Waals surface area contributed by atoms with Crippen molar-refractivity contribution in [1.29, 1.82) is 0 Å². The second kappa shape index (κ2) is 7.59. The van der Waals surface area contributed by atoms with Gasteiger partial charge >= 0.3 is 0 Å². The Hall–Kier alpha value is -1.36. The van der Waals surface area contributed by atoms with Crippen LogP contribution in [0.15, 0.2) is 47.8 Å². The van der Waals surface area contributed by atoms with E-state index in [9.17, 15) is 4.79 Å². The molecule has 1 aromatic carbocycles. The molecule has 112 valence electrons. The van der Waals surface area contributed by atoms with E-state index in [4.69, 9.17) is 0 Å². The molecule has 0 N–H and O–H groups in total. The van der Waals surface area contributed by atoms with Gasteiger partial charge in [0.25, 0.3) is 5.91 Å². The zero-order chi connectivity index (χ0) is 13.8. The molecule has 3 rings (SSSR count). The van der Waals surface area contributed by atoms with Gasteiger partial charge in [-0.15, -0.1) is 11.3 Å². The number of thiophene rings is 1. The van der Waals surface area contributed by atoms with Crippen LogP contribution in [0.5, 0.6) is 0 Å². The first kappa shape index (κ1) is 16.0. The molecule has 0 unspecified atom stereocenters. The summed E-state index contributed by atoms with van der Waals surface area (Å²) >= 11 is 1.52. The fourth-order valence-electron chi connectivity index (χ4n) is 2.51. The Morgan fingerprint density at radius 1 is 1.00 bits per heavy atom. The van der Waals surface area contributed by atoms with Crippen LogP contribution in [0, 0.1) is 0 Å². The molecule has 1 aliphatic rings. The first-order chi connectivity index (χ1) is 9.83. The van der Waals surface area contributed by atoms with E-state index < -0.39 is 0 Å². The van der Waals surface area contributed by atoms with Crippen LogP contribution in [0.1, 0.15) is 15.2 Å². The summed E-state index contributed by atoms with van der Waals surface area (Å²) in [5.41, 5.74) is 1.34. The van der Waals surface area contributed by atoms with Crippen molar-refractivity contribution in [2.45, 2.75) is 6.54 Å². The molecule has 1 aliphatic heterocycles. The largest absolute Gasteiger partial charge is 1.00 e. The molecular formula is C16H18ClN2OS-. The molecule has 0 aliphatic carbocycles. The van der Waals surface area contributed by atoms with E-state index in [-0.39, 0.29) is 18.3 Å². The van der Waals surface area contributed by atoms with E-state index >= 15 is 0 Å². The topological polar surface area (TPSA) is 23.6 Å². The summed E-state index contributed by atoms with van der Waals surface area (Å²) in [6.07, 6.45) is 0. The van der Waals surface area contributed by atoms with Crippen LogP contribution >= 0.6 is 11.3 Å². The molecule has 3 nitrogen and oxygen atoms in total. The minimum atomic E-state index is 0. The van der Waals surface area contributed by atoms with Crippen molar-refractivity contribution >= 4 is 17.2 Å². The zero-order valence-electron chi connectivity index (χ0n) is 11.7. The monoisotopic (exact) mass is 321 g/mol. The molecule has 0 spiro atoms. The third-order valence-electron chi connectivity index (χ3n) is 3.64. The molecule has 1 aromatic heterocycles. The van der Waals surface area contributed by atoms with Gasteiger partial charge in [0.2, 0.25) is 0 Å². The summed E-state index contributed by atoms with van der Waals surface area (Å²) in [5, 5.41) is 1.96. The number of piperazine rings is 1. The van der Waals surface area contributed by atoms with Gasteiger partial charge in [-0.1, -0.05) is 36.4 Å². The normalized spacial score (nSPS) is 15.5. The van der Waals surface area contributed by atoms with Gasteiger partial charge in [0, 0.05) is 32.7 Å². The van der Waals surface area contributed by atoms with Crippen molar-refractivity contribution < 1.29 is 17.2 Å². The second-order valence-corrected chi connectivity index (χ2v) is 5.98. The third-order valence-corrected chi connectivity index (χ3v) is 4.50. The summed E-state index contributed by atoms with van der Waals surface area (Å²) in [6, 6.07) is 14.3. The number of nitrogens with zero attached hydrogens (tertiary/aromatic N) is 2. The number of amides is 1. The molecule has 2 heterocycles. The molecule has 1 saturated heterocycles. The average Bonchev–Trinajstić information content (AvgIpc) is 3.03. The predicted octanol–water partition coefficient (Wildman–Crippen LogP) is -0.290. The fourth-order valence-corrected chi connectivity index (χ4v) is 3.20. The molecular weight excluding hydrogens is 304 g/mol. The Morgan fingerprint density at radius 3 is 2.33 bits per heavy atom. The number of hydrogen-bond acceptors (Lipinski definition) is 3. The quantitative estimate of drug-likeness (QED) is 0.776. The van der Waals surface area contributed by atoms with Crippen molar-refractivity contribution in [3.05, 3.63) is 58.3 Å². The van der Waals surface area contributed by atoms with Crippen molar-refractivity contribution in [3.8, 4) is 0 Å². The first-order valence-corrected chi connectivity index (χ1v) is 7.80. The highest BCUT2D eigenvalue weighted by atomic mass is 35.5. The van der Waals surface area contributed by atoms with Gasteiger partial charge in [0.1, 0.15) is 0 Å². The van der Waals surface area contributed by atoms with E-state index in [0.717, 1.165) is 37.6 Å². The molecule has 21 heavy (non-hydrogen) atoms. The lowest BCUT2D eigenvalue weighted by atomic mass is 10.2. The van der Waals surface area contributed by atoms with Gasteiger partial charge < -0.3 is 17.3 Å². The van der Waals surface area contributed by atoms with E-state index in [1.54, 1.807) is 0 Å². The number of carbonyl (C=O) groups is 1. The van der Waals surface area contributed by atoms with Crippen LogP contribution in [0.4, 0.5) is 0 Å². The van der Waals surface area contributed by atoms with Crippen molar-refractivity contribution in [2.24, 2.45) is 0 Å². The Morgan fingerprint density at radius 2 is 1.71 bits per heavy atom. The van der Waals surface area contributed by atoms with Crippen LogP contribution in [0.2, 0.25) is 0 Å². The summed E-state index contributed by atoms with van der Waals surface area (Å²) in [4.78, 5) is 17.5. The third kappa shape index (κ3) is 4.06. The molecule has 0 saturated carbocycles. The first-order valence-electron chi connectivity index (χ1n) is 6.92. The summed E-state index contributed by atoms with van der Waals surface area (Å²) < 4.78 is 0. The zero-order valence-corrected chi connectivity index (χ0v) is 13.3. The lowest BCUT2D eigenvalue weighted by Crippen LogP contribution is -3.00. The minimum absolute atomic E-state index is 0. The van der Waals surface area contributed by atoms with Crippen molar-refractivity contribution in [2.75, 3.05) is 26.2 Å². The molecule has 0 bridgehead atoms. The number of rotatable bonds is 3. The van der Waals surface area contributed by atoms with Gasteiger partial charge in [-0.2, -0.15) is 0 Å². The lowest BCUT2D eigenvalue weighted by molar-refractivity contribution is -0.0000149. The fraction of sp³-hybridized carbons (Fsp3) is 0.312. The SMILES string of the molecule is O=C(c1cccs1)N1CCN(Cc2ccccc2)CC1.[Cl-]. The van der Waals surface area contributed by atoms with E-state index in [1.165, 1.54) is 16.9 Å². The van der Waals surface area contributed by atoms with Gasteiger partial charge in [0.15, 0.2) is 0 Å². The standard InChI is InChI=1S/C16H18N2OS.ClH/c19-16(15-7-4-12-20-15)18-10-8-17(9-11-18)13-14-5-2-1-3-6-14;/h1-7,12H,8-11,13H2;1H/p-1. The van der Waals surface area contributed by atoms with Crippen LogP contribution in [-0.4, -0.2) is 41.9 Å². The summed E-state index contributed by atoms with van der Waals surface area (Å²) in [6.45, 7) is 4.52. The Balaban J connectivity index is 0.00000161. The Kier molecular flexibility index (Phi) is 5.79. The van der Waals surface area contributed by atoms with Crippen molar-refractivity contribution in [3.63, 3.8) is 0 Å². The number of hydrogen-bond donors (Lipinski definition) is 0. The smallest absolute Gasteiger partial charge is 0.264 e. The maximum Gasteiger partial charge on any atom is 0.264 e. The maximum absolute atomic E-state index is 12.2. The minimum Gasteiger partial charge on any atom is -1.00 e. The number of halogens is 1.